The highest BCUT2D eigenvalue weighted by Gasteiger charge is 2.34. The maximum absolute atomic E-state index is 12.9. The molecule has 148 valence electrons. The number of aromatic amines is 1. The molecule has 6 nitrogen and oxygen atoms in total. The standard InChI is InChI=1S/C21H32N4O2/c1-14(2)24-11-9-17-16(13-24)21(27)23-20(22-17)18-8-5-10-25(18)19(26)12-15-6-3-4-7-15/h14-15,18H,3-13H2,1-2H3,(H,22,23,27)/t18-/m0/s1. The van der Waals surface area contributed by atoms with Crippen molar-refractivity contribution in [3.05, 3.63) is 27.4 Å². The van der Waals surface area contributed by atoms with Crippen LogP contribution in [0.4, 0.5) is 0 Å². The number of hydrogen-bond acceptors (Lipinski definition) is 4. The normalized spacial score (nSPS) is 24.0. The van der Waals surface area contributed by atoms with Crippen LogP contribution in [0.5, 0.6) is 0 Å². The third-order valence-corrected chi connectivity index (χ3v) is 6.67. The van der Waals surface area contributed by atoms with Crippen molar-refractivity contribution in [3.8, 4) is 0 Å². The Kier molecular flexibility index (Phi) is 5.35. The highest BCUT2D eigenvalue weighted by molar-refractivity contribution is 5.77. The van der Waals surface area contributed by atoms with Crippen LogP contribution in [0, 0.1) is 5.92 Å². The molecule has 1 N–H and O–H groups in total. The van der Waals surface area contributed by atoms with E-state index in [2.05, 4.69) is 23.7 Å². The third kappa shape index (κ3) is 3.82. The average molecular weight is 373 g/mol. The summed E-state index contributed by atoms with van der Waals surface area (Å²) in [6.45, 7) is 6.72. The number of carbonyl (C=O) groups excluding carboxylic acids is 1. The van der Waals surface area contributed by atoms with Crippen LogP contribution >= 0.6 is 0 Å². The Hall–Kier alpha value is -1.69. The molecular weight excluding hydrogens is 340 g/mol. The Morgan fingerprint density at radius 2 is 1.96 bits per heavy atom. The minimum Gasteiger partial charge on any atom is -0.333 e. The SMILES string of the molecule is CC(C)N1CCc2nc([C@@H]3CCCN3C(=O)CC3CCCC3)[nH]c(=O)c2C1. The van der Waals surface area contributed by atoms with Gasteiger partial charge in [0.25, 0.3) is 5.56 Å². The fraction of sp³-hybridized carbons (Fsp3) is 0.762. The van der Waals surface area contributed by atoms with E-state index in [1.54, 1.807) is 0 Å². The predicted octanol–water partition coefficient (Wildman–Crippen LogP) is 2.78. The highest BCUT2D eigenvalue weighted by atomic mass is 16.2. The molecule has 1 aliphatic carbocycles. The van der Waals surface area contributed by atoms with Crippen molar-refractivity contribution in [1.29, 1.82) is 0 Å². The van der Waals surface area contributed by atoms with Gasteiger partial charge in [-0.15, -0.1) is 0 Å². The number of hydrogen-bond donors (Lipinski definition) is 1. The number of likely N-dealkylation sites (tertiary alicyclic amines) is 1. The molecule has 1 aromatic rings. The van der Waals surface area contributed by atoms with Crippen LogP contribution in [0.25, 0.3) is 0 Å². The van der Waals surface area contributed by atoms with Crippen molar-refractivity contribution < 1.29 is 4.79 Å². The first-order valence-corrected chi connectivity index (χ1v) is 10.7. The fourth-order valence-corrected chi connectivity index (χ4v) is 4.99. The van der Waals surface area contributed by atoms with Gasteiger partial charge in [0.05, 0.1) is 17.3 Å². The summed E-state index contributed by atoms with van der Waals surface area (Å²) in [5.74, 6) is 1.50. The van der Waals surface area contributed by atoms with E-state index in [4.69, 9.17) is 4.98 Å². The summed E-state index contributed by atoms with van der Waals surface area (Å²) >= 11 is 0. The molecule has 2 fully saturated rings. The summed E-state index contributed by atoms with van der Waals surface area (Å²) < 4.78 is 0. The van der Waals surface area contributed by atoms with Gasteiger partial charge in [0.2, 0.25) is 5.91 Å². The topological polar surface area (TPSA) is 69.3 Å². The molecule has 6 heteroatoms. The van der Waals surface area contributed by atoms with E-state index in [1.807, 2.05) is 4.90 Å². The molecule has 0 radical (unpaired) electrons. The maximum Gasteiger partial charge on any atom is 0.255 e. The lowest BCUT2D eigenvalue weighted by molar-refractivity contribution is -0.133. The largest absolute Gasteiger partial charge is 0.333 e. The summed E-state index contributed by atoms with van der Waals surface area (Å²) in [5.41, 5.74) is 1.72. The molecule has 0 bridgehead atoms. The average Bonchev–Trinajstić information content (AvgIpc) is 3.32. The zero-order chi connectivity index (χ0) is 19.0. The van der Waals surface area contributed by atoms with Gasteiger partial charge in [-0.3, -0.25) is 14.5 Å². The molecule has 2 aliphatic heterocycles. The maximum atomic E-state index is 12.9. The van der Waals surface area contributed by atoms with Crippen molar-refractivity contribution in [2.45, 2.75) is 83.8 Å². The minimum atomic E-state index is -0.0555. The summed E-state index contributed by atoms with van der Waals surface area (Å²) in [7, 11) is 0. The number of carbonyl (C=O) groups is 1. The molecular formula is C21H32N4O2. The first-order valence-electron chi connectivity index (χ1n) is 10.7. The summed E-state index contributed by atoms with van der Waals surface area (Å²) in [4.78, 5) is 37.8. The Bertz CT molecular complexity index is 751. The lowest BCUT2D eigenvalue weighted by Crippen LogP contribution is -2.40. The lowest BCUT2D eigenvalue weighted by atomic mass is 10.0. The van der Waals surface area contributed by atoms with Crippen LogP contribution in [0.3, 0.4) is 0 Å². The summed E-state index contributed by atoms with van der Waals surface area (Å²) in [6.07, 6.45) is 8.25. The van der Waals surface area contributed by atoms with Crippen molar-refractivity contribution in [2.24, 2.45) is 5.92 Å². The molecule has 1 atom stereocenters. The molecule has 27 heavy (non-hydrogen) atoms. The van der Waals surface area contributed by atoms with Crippen LogP contribution < -0.4 is 5.56 Å². The molecule has 3 heterocycles. The lowest BCUT2D eigenvalue weighted by Gasteiger charge is -2.31. The number of amides is 1. The van der Waals surface area contributed by atoms with Gasteiger partial charge in [0, 0.05) is 38.5 Å². The van der Waals surface area contributed by atoms with Gasteiger partial charge in [-0.1, -0.05) is 12.8 Å². The number of rotatable bonds is 4. The zero-order valence-electron chi connectivity index (χ0n) is 16.7. The van der Waals surface area contributed by atoms with Crippen molar-refractivity contribution in [2.75, 3.05) is 13.1 Å². The molecule has 0 spiro atoms. The molecule has 1 saturated carbocycles. The van der Waals surface area contributed by atoms with Gasteiger partial charge in [0.1, 0.15) is 5.82 Å². The molecule has 4 rings (SSSR count). The number of H-pyrrole nitrogens is 1. The summed E-state index contributed by atoms with van der Waals surface area (Å²) in [6, 6.07) is 0.371. The van der Waals surface area contributed by atoms with Gasteiger partial charge in [0.15, 0.2) is 0 Å². The van der Waals surface area contributed by atoms with Gasteiger partial charge in [-0.05, 0) is 45.4 Å². The van der Waals surface area contributed by atoms with Crippen LogP contribution in [0.15, 0.2) is 4.79 Å². The van der Waals surface area contributed by atoms with Crippen molar-refractivity contribution in [3.63, 3.8) is 0 Å². The van der Waals surface area contributed by atoms with Gasteiger partial charge in [-0.2, -0.15) is 0 Å². The van der Waals surface area contributed by atoms with E-state index in [9.17, 15) is 9.59 Å². The second-order valence-corrected chi connectivity index (χ2v) is 8.79. The van der Waals surface area contributed by atoms with E-state index in [-0.39, 0.29) is 17.5 Å². The van der Waals surface area contributed by atoms with E-state index in [0.29, 0.717) is 30.7 Å². The van der Waals surface area contributed by atoms with Crippen LogP contribution in [0.1, 0.15) is 81.9 Å². The molecule has 0 unspecified atom stereocenters. The van der Waals surface area contributed by atoms with Crippen LogP contribution in [-0.2, 0) is 17.8 Å². The zero-order valence-corrected chi connectivity index (χ0v) is 16.7. The van der Waals surface area contributed by atoms with E-state index >= 15 is 0 Å². The quantitative estimate of drug-likeness (QED) is 0.882. The Balaban J connectivity index is 1.53. The van der Waals surface area contributed by atoms with Crippen LogP contribution in [0.2, 0.25) is 0 Å². The second kappa shape index (κ2) is 7.74. The Morgan fingerprint density at radius 1 is 1.19 bits per heavy atom. The van der Waals surface area contributed by atoms with E-state index in [0.717, 1.165) is 43.6 Å². The fourth-order valence-electron chi connectivity index (χ4n) is 4.99. The molecule has 1 saturated heterocycles. The Morgan fingerprint density at radius 3 is 2.70 bits per heavy atom. The van der Waals surface area contributed by atoms with Crippen LogP contribution in [-0.4, -0.2) is 44.8 Å². The molecule has 3 aliphatic rings. The number of nitrogens with one attached hydrogen (secondary N) is 1. The predicted molar refractivity (Wildman–Crippen MR) is 104 cm³/mol. The van der Waals surface area contributed by atoms with Crippen molar-refractivity contribution >= 4 is 5.91 Å². The van der Waals surface area contributed by atoms with Gasteiger partial charge >= 0.3 is 0 Å². The van der Waals surface area contributed by atoms with E-state index < -0.39 is 0 Å². The van der Waals surface area contributed by atoms with Gasteiger partial charge in [-0.25, -0.2) is 4.98 Å². The third-order valence-electron chi connectivity index (χ3n) is 6.67. The Labute approximate surface area is 161 Å². The highest BCUT2D eigenvalue weighted by Crippen LogP contribution is 2.34. The van der Waals surface area contributed by atoms with Crippen molar-refractivity contribution in [1.82, 2.24) is 19.8 Å². The minimum absolute atomic E-state index is 0.0181. The molecule has 1 amide bonds. The molecule has 1 aromatic heterocycles. The monoisotopic (exact) mass is 372 g/mol. The number of nitrogens with zero attached hydrogens (tertiary/aromatic N) is 3. The first kappa shape index (κ1) is 18.7. The molecule has 0 aromatic carbocycles. The second-order valence-electron chi connectivity index (χ2n) is 8.79. The number of aromatic nitrogens is 2. The number of fused-ring (bicyclic) bond motifs is 1. The summed E-state index contributed by atoms with van der Waals surface area (Å²) in [5, 5.41) is 0. The van der Waals surface area contributed by atoms with Gasteiger partial charge < -0.3 is 9.88 Å². The smallest absolute Gasteiger partial charge is 0.255 e. The van der Waals surface area contributed by atoms with E-state index in [1.165, 1.54) is 25.7 Å². The first-order chi connectivity index (χ1) is 13.0.